The van der Waals surface area contributed by atoms with E-state index in [2.05, 4.69) is 20.4 Å². The number of benzene rings is 1. The lowest BCUT2D eigenvalue weighted by atomic mass is 10.0. The maximum absolute atomic E-state index is 14.8. The molecule has 1 aromatic carbocycles. The quantitative estimate of drug-likeness (QED) is 0.463. The Labute approximate surface area is 182 Å². The standard InChI is InChI=1S/C22H18ClFN6O/c1-30-12-15(10-28-30)14-7-18(21(25)26-9-14)13-5-6-17(19(24)8-13)22(31)27-11-16-3-2-4-20(23)29-16/h2-10,12H,11H2,1H3,(H2,25,26)(H,27,31). The maximum atomic E-state index is 14.8. The Morgan fingerprint density at radius 3 is 2.71 bits per heavy atom. The van der Waals surface area contributed by atoms with Crippen molar-refractivity contribution in [3.63, 3.8) is 0 Å². The highest BCUT2D eigenvalue weighted by molar-refractivity contribution is 6.29. The van der Waals surface area contributed by atoms with Crippen molar-refractivity contribution in [2.24, 2.45) is 7.05 Å². The molecule has 0 radical (unpaired) electrons. The van der Waals surface area contributed by atoms with E-state index in [4.69, 9.17) is 17.3 Å². The summed E-state index contributed by atoms with van der Waals surface area (Å²) in [6.07, 6.45) is 5.19. The summed E-state index contributed by atoms with van der Waals surface area (Å²) in [5.41, 5.74) is 9.26. The average molecular weight is 437 g/mol. The van der Waals surface area contributed by atoms with Crippen LogP contribution in [0, 0.1) is 5.82 Å². The van der Waals surface area contributed by atoms with Gasteiger partial charge in [-0.3, -0.25) is 9.48 Å². The molecule has 3 aromatic heterocycles. The van der Waals surface area contributed by atoms with Gasteiger partial charge in [0.2, 0.25) is 0 Å². The molecule has 31 heavy (non-hydrogen) atoms. The number of pyridine rings is 2. The molecule has 9 heteroatoms. The molecule has 156 valence electrons. The Bertz CT molecular complexity index is 1270. The predicted molar refractivity (Wildman–Crippen MR) is 117 cm³/mol. The minimum Gasteiger partial charge on any atom is -0.383 e. The van der Waals surface area contributed by atoms with Crippen molar-refractivity contribution in [3.05, 3.63) is 83.3 Å². The number of nitrogens with zero attached hydrogens (tertiary/aromatic N) is 4. The summed E-state index contributed by atoms with van der Waals surface area (Å²) in [6.45, 7) is 0.130. The first-order valence-corrected chi connectivity index (χ1v) is 9.72. The number of amides is 1. The summed E-state index contributed by atoms with van der Waals surface area (Å²) in [7, 11) is 1.82. The Hall–Kier alpha value is -3.78. The number of hydrogen-bond acceptors (Lipinski definition) is 5. The van der Waals surface area contributed by atoms with Gasteiger partial charge >= 0.3 is 0 Å². The molecule has 0 fully saturated rings. The van der Waals surface area contributed by atoms with Crippen molar-refractivity contribution in [1.82, 2.24) is 25.1 Å². The summed E-state index contributed by atoms with van der Waals surface area (Å²) in [4.78, 5) is 20.7. The number of hydrogen-bond donors (Lipinski definition) is 2. The summed E-state index contributed by atoms with van der Waals surface area (Å²) in [5.74, 6) is -0.961. The first-order chi connectivity index (χ1) is 14.9. The van der Waals surface area contributed by atoms with Crippen molar-refractivity contribution in [3.8, 4) is 22.3 Å². The third-order valence-electron chi connectivity index (χ3n) is 4.68. The van der Waals surface area contributed by atoms with Crippen LogP contribution in [-0.2, 0) is 13.6 Å². The van der Waals surface area contributed by atoms with Crippen LogP contribution in [-0.4, -0.2) is 25.7 Å². The van der Waals surface area contributed by atoms with Crippen molar-refractivity contribution in [2.45, 2.75) is 6.54 Å². The number of anilines is 1. The number of halogens is 2. The average Bonchev–Trinajstić information content (AvgIpc) is 3.18. The fourth-order valence-electron chi connectivity index (χ4n) is 3.12. The van der Waals surface area contributed by atoms with Gasteiger partial charge in [-0.1, -0.05) is 23.7 Å². The van der Waals surface area contributed by atoms with Crippen molar-refractivity contribution < 1.29 is 9.18 Å². The molecule has 0 saturated carbocycles. The number of aromatic nitrogens is 4. The third kappa shape index (κ3) is 4.54. The van der Waals surface area contributed by atoms with Crippen LogP contribution >= 0.6 is 11.6 Å². The molecule has 4 aromatic rings. The van der Waals surface area contributed by atoms with Crippen LogP contribution < -0.4 is 11.1 Å². The summed E-state index contributed by atoms with van der Waals surface area (Å²) >= 11 is 5.84. The van der Waals surface area contributed by atoms with Crippen LogP contribution in [0.1, 0.15) is 16.1 Å². The van der Waals surface area contributed by atoms with E-state index in [0.29, 0.717) is 22.0 Å². The van der Waals surface area contributed by atoms with Crippen LogP contribution in [0.3, 0.4) is 0 Å². The van der Waals surface area contributed by atoms with Gasteiger partial charge in [0.15, 0.2) is 0 Å². The minimum absolute atomic E-state index is 0.0827. The van der Waals surface area contributed by atoms with Gasteiger partial charge in [0, 0.05) is 36.1 Å². The lowest BCUT2D eigenvalue weighted by Gasteiger charge is -2.10. The molecule has 0 spiro atoms. The second-order valence-electron chi connectivity index (χ2n) is 6.89. The first kappa shape index (κ1) is 20.5. The SMILES string of the molecule is Cn1cc(-c2cnc(N)c(-c3ccc(C(=O)NCc4cccc(Cl)n4)c(F)c3)c2)cn1. The monoisotopic (exact) mass is 436 g/mol. The van der Waals surface area contributed by atoms with Gasteiger partial charge in [-0.2, -0.15) is 5.10 Å². The van der Waals surface area contributed by atoms with Gasteiger partial charge in [0.1, 0.15) is 16.8 Å². The van der Waals surface area contributed by atoms with Crippen LogP contribution in [0.4, 0.5) is 10.2 Å². The number of nitrogens with two attached hydrogens (primary N) is 1. The van der Waals surface area contributed by atoms with Gasteiger partial charge in [-0.25, -0.2) is 14.4 Å². The van der Waals surface area contributed by atoms with E-state index >= 15 is 0 Å². The Morgan fingerprint density at radius 2 is 2.00 bits per heavy atom. The molecular formula is C22H18ClFN6O. The van der Waals surface area contributed by atoms with Gasteiger partial charge in [0.25, 0.3) is 5.91 Å². The second kappa shape index (κ2) is 8.53. The predicted octanol–water partition coefficient (Wildman–Crippen LogP) is 3.85. The van der Waals surface area contributed by atoms with E-state index in [9.17, 15) is 9.18 Å². The van der Waals surface area contributed by atoms with E-state index in [1.165, 1.54) is 12.1 Å². The topological polar surface area (TPSA) is 98.7 Å². The molecule has 3 N–H and O–H groups in total. The van der Waals surface area contributed by atoms with E-state index in [1.54, 1.807) is 41.3 Å². The van der Waals surface area contributed by atoms with E-state index < -0.39 is 11.7 Å². The number of nitrogen functional groups attached to an aromatic ring is 1. The zero-order valence-electron chi connectivity index (χ0n) is 16.5. The van der Waals surface area contributed by atoms with E-state index in [1.807, 2.05) is 19.3 Å². The Balaban J connectivity index is 1.56. The van der Waals surface area contributed by atoms with Crippen molar-refractivity contribution >= 4 is 23.3 Å². The highest BCUT2D eigenvalue weighted by Gasteiger charge is 2.15. The fraction of sp³-hybridized carbons (Fsp3) is 0.0909. The summed E-state index contributed by atoms with van der Waals surface area (Å²) in [5, 5.41) is 7.11. The zero-order valence-corrected chi connectivity index (χ0v) is 17.3. The fourth-order valence-corrected chi connectivity index (χ4v) is 3.30. The molecule has 0 unspecified atom stereocenters. The van der Waals surface area contributed by atoms with Gasteiger partial charge < -0.3 is 11.1 Å². The van der Waals surface area contributed by atoms with Crippen LogP contribution in [0.2, 0.25) is 5.15 Å². The van der Waals surface area contributed by atoms with E-state index in [0.717, 1.165) is 11.1 Å². The molecule has 3 heterocycles. The van der Waals surface area contributed by atoms with Crippen LogP contribution in [0.15, 0.2) is 61.1 Å². The van der Waals surface area contributed by atoms with Gasteiger partial charge in [-0.15, -0.1) is 0 Å². The molecule has 0 aliphatic heterocycles. The minimum atomic E-state index is -0.666. The molecule has 0 saturated heterocycles. The first-order valence-electron chi connectivity index (χ1n) is 9.35. The third-order valence-corrected chi connectivity index (χ3v) is 4.89. The number of aryl methyl sites for hydroxylation is 1. The lowest BCUT2D eigenvalue weighted by molar-refractivity contribution is 0.0946. The number of carbonyl (C=O) groups excluding carboxylic acids is 1. The second-order valence-corrected chi connectivity index (χ2v) is 7.28. The normalized spacial score (nSPS) is 10.8. The molecule has 4 rings (SSSR count). The van der Waals surface area contributed by atoms with Crippen LogP contribution in [0.5, 0.6) is 0 Å². The van der Waals surface area contributed by atoms with Crippen LogP contribution in [0.25, 0.3) is 22.3 Å². The highest BCUT2D eigenvalue weighted by atomic mass is 35.5. The molecular weight excluding hydrogens is 419 g/mol. The molecule has 0 aliphatic carbocycles. The molecule has 7 nitrogen and oxygen atoms in total. The number of carbonyl (C=O) groups is 1. The number of nitrogens with one attached hydrogen (secondary N) is 1. The van der Waals surface area contributed by atoms with Crippen molar-refractivity contribution in [2.75, 3.05) is 5.73 Å². The molecule has 0 aliphatic rings. The molecule has 0 atom stereocenters. The zero-order chi connectivity index (χ0) is 22.0. The Kier molecular flexibility index (Phi) is 5.64. The summed E-state index contributed by atoms with van der Waals surface area (Å²) in [6, 6.07) is 11.2. The lowest BCUT2D eigenvalue weighted by Crippen LogP contribution is -2.24. The Morgan fingerprint density at radius 1 is 1.16 bits per heavy atom. The van der Waals surface area contributed by atoms with Gasteiger partial charge in [0.05, 0.1) is 24.0 Å². The molecule has 0 bridgehead atoms. The smallest absolute Gasteiger partial charge is 0.254 e. The van der Waals surface area contributed by atoms with Gasteiger partial charge in [-0.05, 0) is 35.9 Å². The van der Waals surface area contributed by atoms with Crippen molar-refractivity contribution in [1.29, 1.82) is 0 Å². The highest BCUT2D eigenvalue weighted by Crippen LogP contribution is 2.30. The number of rotatable bonds is 5. The van der Waals surface area contributed by atoms with E-state index in [-0.39, 0.29) is 17.9 Å². The summed E-state index contributed by atoms with van der Waals surface area (Å²) < 4.78 is 16.4. The largest absolute Gasteiger partial charge is 0.383 e. The molecule has 1 amide bonds. The maximum Gasteiger partial charge on any atom is 0.254 e.